The van der Waals surface area contributed by atoms with Crippen LogP contribution in [0.3, 0.4) is 0 Å². The highest BCUT2D eigenvalue weighted by Gasteiger charge is 2.14. The Labute approximate surface area is 97.6 Å². The molecule has 0 aromatic carbocycles. The second-order valence-electron chi connectivity index (χ2n) is 4.61. The number of rotatable bonds is 2. The van der Waals surface area contributed by atoms with Crippen LogP contribution in [0.5, 0.6) is 0 Å². The third-order valence-electron chi connectivity index (χ3n) is 3.23. The van der Waals surface area contributed by atoms with E-state index in [4.69, 9.17) is 5.73 Å². The first kappa shape index (κ1) is 11.3. The van der Waals surface area contributed by atoms with Crippen LogP contribution in [-0.4, -0.2) is 4.98 Å². The van der Waals surface area contributed by atoms with Gasteiger partial charge in [-0.25, -0.2) is 0 Å². The number of nitrogens with zero attached hydrogens (tertiary/aromatic N) is 1. The van der Waals surface area contributed by atoms with E-state index >= 15 is 0 Å². The minimum absolute atomic E-state index is 0.00185. The molecule has 0 amide bonds. The van der Waals surface area contributed by atoms with Gasteiger partial charge in [0.05, 0.1) is 11.7 Å². The highest BCUT2D eigenvalue weighted by Crippen LogP contribution is 2.26. The largest absolute Gasteiger partial charge is 0.319 e. The van der Waals surface area contributed by atoms with Crippen LogP contribution in [0.2, 0.25) is 0 Å². The van der Waals surface area contributed by atoms with Crippen molar-refractivity contribution in [3.05, 3.63) is 41.2 Å². The minimum Gasteiger partial charge on any atom is -0.319 e. The van der Waals surface area contributed by atoms with Crippen molar-refractivity contribution in [2.45, 2.75) is 45.1 Å². The molecule has 0 saturated heterocycles. The third-order valence-corrected chi connectivity index (χ3v) is 3.23. The van der Waals surface area contributed by atoms with Crippen LogP contribution in [0.25, 0.3) is 0 Å². The fourth-order valence-corrected chi connectivity index (χ4v) is 2.24. The molecule has 1 unspecified atom stereocenters. The molecule has 2 N–H and O–H groups in total. The predicted octanol–water partition coefficient (Wildman–Crippen LogP) is 3.28. The van der Waals surface area contributed by atoms with Gasteiger partial charge in [-0.2, -0.15) is 0 Å². The Morgan fingerprint density at radius 1 is 1.31 bits per heavy atom. The first-order valence-electron chi connectivity index (χ1n) is 6.14. The van der Waals surface area contributed by atoms with Crippen molar-refractivity contribution in [3.63, 3.8) is 0 Å². The molecule has 1 aromatic heterocycles. The summed E-state index contributed by atoms with van der Waals surface area (Å²) in [5, 5.41) is 0. The molecule has 0 saturated carbocycles. The zero-order valence-corrected chi connectivity index (χ0v) is 9.95. The van der Waals surface area contributed by atoms with Crippen molar-refractivity contribution < 1.29 is 0 Å². The third kappa shape index (κ3) is 2.70. The van der Waals surface area contributed by atoms with Crippen molar-refractivity contribution in [1.29, 1.82) is 0 Å². The van der Waals surface area contributed by atoms with Gasteiger partial charge in [-0.05, 0) is 50.3 Å². The Morgan fingerprint density at radius 2 is 2.19 bits per heavy atom. The maximum absolute atomic E-state index is 6.28. The van der Waals surface area contributed by atoms with Gasteiger partial charge < -0.3 is 5.73 Å². The second-order valence-corrected chi connectivity index (χ2v) is 4.61. The van der Waals surface area contributed by atoms with Gasteiger partial charge in [0.1, 0.15) is 0 Å². The van der Waals surface area contributed by atoms with Gasteiger partial charge in [-0.3, -0.25) is 4.98 Å². The molecule has 0 bridgehead atoms. The Hall–Kier alpha value is -1.15. The second kappa shape index (κ2) is 5.26. The smallest absolute Gasteiger partial charge is 0.0685 e. The molecule has 1 atom stereocenters. The number of aryl methyl sites for hydroxylation is 1. The fourth-order valence-electron chi connectivity index (χ4n) is 2.24. The Morgan fingerprint density at radius 3 is 3.00 bits per heavy atom. The van der Waals surface area contributed by atoms with Gasteiger partial charge in [0.15, 0.2) is 0 Å². The van der Waals surface area contributed by atoms with Gasteiger partial charge in [-0.1, -0.05) is 18.1 Å². The standard InChI is InChI=1S/C14H20N2/c1-11-8-9-16-13(10-11)14(15)12-6-4-2-3-5-7-12/h6,8-10,14H,2-5,7,15H2,1H3. The van der Waals surface area contributed by atoms with E-state index in [2.05, 4.69) is 24.1 Å². The van der Waals surface area contributed by atoms with E-state index in [1.54, 1.807) is 0 Å². The lowest BCUT2D eigenvalue weighted by atomic mass is 9.99. The quantitative estimate of drug-likeness (QED) is 0.770. The summed E-state index contributed by atoms with van der Waals surface area (Å²) in [4.78, 5) is 4.38. The summed E-state index contributed by atoms with van der Waals surface area (Å²) >= 11 is 0. The molecule has 0 fully saturated rings. The van der Waals surface area contributed by atoms with E-state index in [1.165, 1.54) is 36.8 Å². The summed E-state index contributed by atoms with van der Waals surface area (Å²) in [6, 6.07) is 4.10. The average Bonchev–Trinajstić information content (AvgIpc) is 2.56. The van der Waals surface area contributed by atoms with Crippen LogP contribution >= 0.6 is 0 Å². The lowest BCUT2D eigenvalue weighted by molar-refractivity contribution is 0.682. The Bertz CT molecular complexity index is 382. The number of nitrogens with two attached hydrogens (primary N) is 1. The molecule has 0 radical (unpaired) electrons. The van der Waals surface area contributed by atoms with Crippen LogP contribution in [0.15, 0.2) is 30.0 Å². The molecule has 1 aliphatic rings. The SMILES string of the molecule is Cc1ccnc(C(N)C2=CCCCCC2)c1. The monoisotopic (exact) mass is 216 g/mol. The highest BCUT2D eigenvalue weighted by atomic mass is 14.8. The van der Waals surface area contributed by atoms with Gasteiger partial charge in [0.25, 0.3) is 0 Å². The van der Waals surface area contributed by atoms with Crippen molar-refractivity contribution in [2.75, 3.05) is 0 Å². The summed E-state index contributed by atoms with van der Waals surface area (Å²) in [6.45, 7) is 2.08. The average molecular weight is 216 g/mol. The van der Waals surface area contributed by atoms with Gasteiger partial charge in [-0.15, -0.1) is 0 Å². The van der Waals surface area contributed by atoms with Gasteiger partial charge in [0, 0.05) is 6.20 Å². The predicted molar refractivity (Wildman–Crippen MR) is 67.1 cm³/mol. The summed E-state index contributed by atoms with van der Waals surface area (Å²) < 4.78 is 0. The molecular weight excluding hydrogens is 196 g/mol. The molecule has 0 spiro atoms. The van der Waals surface area contributed by atoms with Gasteiger partial charge >= 0.3 is 0 Å². The fraction of sp³-hybridized carbons (Fsp3) is 0.500. The van der Waals surface area contributed by atoms with E-state index in [0.717, 1.165) is 12.1 Å². The molecule has 16 heavy (non-hydrogen) atoms. The topological polar surface area (TPSA) is 38.9 Å². The number of aromatic nitrogens is 1. The first-order chi connectivity index (χ1) is 7.77. The van der Waals surface area contributed by atoms with Crippen molar-refractivity contribution in [3.8, 4) is 0 Å². The lowest BCUT2D eigenvalue weighted by Gasteiger charge is -2.15. The molecular formula is C14H20N2. The molecule has 86 valence electrons. The maximum atomic E-state index is 6.28. The Balaban J connectivity index is 2.17. The lowest BCUT2D eigenvalue weighted by Crippen LogP contribution is -2.14. The molecule has 0 aliphatic heterocycles. The molecule has 2 rings (SSSR count). The summed E-state index contributed by atoms with van der Waals surface area (Å²) in [5.41, 5.74) is 9.89. The highest BCUT2D eigenvalue weighted by molar-refractivity contribution is 5.25. The molecule has 2 nitrogen and oxygen atoms in total. The molecule has 2 heteroatoms. The molecule has 1 heterocycles. The first-order valence-corrected chi connectivity index (χ1v) is 6.14. The van der Waals surface area contributed by atoms with Crippen LogP contribution in [0.1, 0.15) is 49.4 Å². The van der Waals surface area contributed by atoms with Crippen LogP contribution < -0.4 is 5.73 Å². The number of hydrogen-bond donors (Lipinski definition) is 1. The van der Waals surface area contributed by atoms with E-state index < -0.39 is 0 Å². The number of allylic oxidation sites excluding steroid dienone is 1. The normalized spacial score (nSPS) is 18.8. The van der Waals surface area contributed by atoms with E-state index in [9.17, 15) is 0 Å². The Kier molecular flexibility index (Phi) is 3.73. The summed E-state index contributed by atoms with van der Waals surface area (Å²) in [6.07, 6.45) is 10.4. The zero-order chi connectivity index (χ0) is 11.4. The van der Waals surface area contributed by atoms with Crippen LogP contribution in [0.4, 0.5) is 0 Å². The molecule has 1 aromatic rings. The number of pyridine rings is 1. The number of hydrogen-bond acceptors (Lipinski definition) is 2. The van der Waals surface area contributed by atoms with Crippen molar-refractivity contribution in [2.24, 2.45) is 5.73 Å². The van der Waals surface area contributed by atoms with Crippen molar-refractivity contribution in [1.82, 2.24) is 4.98 Å². The summed E-state index contributed by atoms with van der Waals surface area (Å²) in [7, 11) is 0. The molecule has 1 aliphatic carbocycles. The zero-order valence-electron chi connectivity index (χ0n) is 9.95. The van der Waals surface area contributed by atoms with E-state index in [1.807, 2.05) is 12.3 Å². The van der Waals surface area contributed by atoms with E-state index in [0.29, 0.717) is 0 Å². The maximum Gasteiger partial charge on any atom is 0.0685 e. The van der Waals surface area contributed by atoms with Crippen molar-refractivity contribution >= 4 is 0 Å². The summed E-state index contributed by atoms with van der Waals surface area (Å²) in [5.74, 6) is 0. The van der Waals surface area contributed by atoms with E-state index in [-0.39, 0.29) is 6.04 Å². The van der Waals surface area contributed by atoms with Gasteiger partial charge in [0.2, 0.25) is 0 Å². The van der Waals surface area contributed by atoms with Crippen LogP contribution in [0, 0.1) is 6.92 Å². The minimum atomic E-state index is -0.00185. The van der Waals surface area contributed by atoms with Crippen LogP contribution in [-0.2, 0) is 0 Å².